The third-order valence-electron chi connectivity index (χ3n) is 5.27. The lowest BCUT2D eigenvalue weighted by molar-refractivity contribution is 0.104. The maximum Gasteiger partial charge on any atom is 0.186 e. The van der Waals surface area contributed by atoms with Crippen molar-refractivity contribution in [2.45, 2.75) is 31.6 Å². The molecule has 0 amide bonds. The molecule has 1 fully saturated rings. The number of allylic oxidation sites excluding steroid dienone is 1. The Morgan fingerprint density at radius 1 is 1.00 bits per heavy atom. The van der Waals surface area contributed by atoms with Gasteiger partial charge in [0.2, 0.25) is 0 Å². The zero-order chi connectivity index (χ0) is 19.1. The smallest absolute Gasteiger partial charge is 0.186 e. The fourth-order valence-corrected chi connectivity index (χ4v) is 3.74. The third-order valence-corrected chi connectivity index (χ3v) is 5.40. The maximum absolute atomic E-state index is 11.8. The van der Waals surface area contributed by atoms with E-state index in [1.165, 1.54) is 17.2 Å². The number of benzene rings is 2. The van der Waals surface area contributed by atoms with E-state index in [2.05, 4.69) is 12.1 Å². The van der Waals surface area contributed by atoms with Crippen LogP contribution in [0.2, 0.25) is 0 Å². The molecule has 0 saturated heterocycles. The second-order valence-corrected chi connectivity index (χ2v) is 7.24. The van der Waals surface area contributed by atoms with Gasteiger partial charge in [-0.3, -0.25) is 4.79 Å². The monoisotopic (exact) mass is 384 g/mol. The highest BCUT2D eigenvalue weighted by Crippen LogP contribution is 2.36. The summed E-state index contributed by atoms with van der Waals surface area (Å²) in [7, 11) is 1.66. The van der Waals surface area contributed by atoms with Gasteiger partial charge in [0, 0.05) is 11.1 Å². The summed E-state index contributed by atoms with van der Waals surface area (Å²) in [5, 5.41) is 0. The number of carbonyl (C=O) groups excluding carboxylic acids is 1. The molecular weight excluding hydrogens is 360 g/mol. The van der Waals surface area contributed by atoms with E-state index in [0.717, 1.165) is 43.8 Å². The molecule has 1 aliphatic carbocycles. The molecule has 0 spiro atoms. The lowest BCUT2D eigenvalue weighted by Gasteiger charge is -2.28. The standard InChI is InChI=1S/C23H25ClO3/c1-26-21-10-12-22(13-11-21)27-16-17-2-4-18(5-3-17)19-6-8-20(9-7-19)23(25)14-15-24/h6-15,17-18H,2-5,16H2,1H3/t17-,18-. The van der Waals surface area contributed by atoms with Crippen LogP contribution in [-0.2, 0) is 0 Å². The zero-order valence-corrected chi connectivity index (χ0v) is 16.3. The first-order valence-electron chi connectivity index (χ1n) is 9.37. The molecule has 0 radical (unpaired) electrons. The van der Waals surface area contributed by atoms with Crippen LogP contribution in [0.5, 0.6) is 11.5 Å². The van der Waals surface area contributed by atoms with Crippen LogP contribution in [0.15, 0.2) is 60.1 Å². The van der Waals surface area contributed by atoms with Gasteiger partial charge in [0.25, 0.3) is 0 Å². The van der Waals surface area contributed by atoms with Crippen LogP contribution in [0.25, 0.3) is 0 Å². The Morgan fingerprint density at radius 2 is 1.63 bits per heavy atom. The lowest BCUT2D eigenvalue weighted by atomic mass is 9.79. The third kappa shape index (κ3) is 5.36. The molecule has 0 bridgehead atoms. The predicted octanol–water partition coefficient (Wildman–Crippen LogP) is 5.98. The summed E-state index contributed by atoms with van der Waals surface area (Å²) in [6.07, 6.45) is 6.02. The molecule has 0 aromatic heterocycles. The number of halogens is 1. The molecule has 27 heavy (non-hydrogen) atoms. The van der Waals surface area contributed by atoms with E-state index < -0.39 is 0 Å². The molecule has 0 atom stereocenters. The van der Waals surface area contributed by atoms with E-state index in [-0.39, 0.29) is 5.78 Å². The molecule has 142 valence electrons. The normalized spacial score (nSPS) is 19.8. The first-order valence-corrected chi connectivity index (χ1v) is 9.81. The molecule has 2 aromatic carbocycles. The van der Waals surface area contributed by atoms with Crippen molar-refractivity contribution >= 4 is 17.4 Å². The van der Waals surface area contributed by atoms with E-state index in [1.807, 2.05) is 36.4 Å². The van der Waals surface area contributed by atoms with Crippen LogP contribution in [0, 0.1) is 5.92 Å². The largest absolute Gasteiger partial charge is 0.497 e. The number of hydrogen-bond acceptors (Lipinski definition) is 3. The minimum Gasteiger partial charge on any atom is -0.497 e. The van der Waals surface area contributed by atoms with Crippen molar-refractivity contribution in [3.63, 3.8) is 0 Å². The summed E-state index contributed by atoms with van der Waals surface area (Å²) in [4.78, 5) is 11.8. The number of methoxy groups -OCH3 is 1. The second kappa shape index (κ2) is 9.61. The summed E-state index contributed by atoms with van der Waals surface area (Å²) < 4.78 is 11.1. The van der Waals surface area contributed by atoms with E-state index in [4.69, 9.17) is 21.1 Å². The van der Waals surface area contributed by atoms with Gasteiger partial charge >= 0.3 is 0 Å². The van der Waals surface area contributed by atoms with Crippen molar-refractivity contribution in [3.8, 4) is 11.5 Å². The lowest BCUT2D eigenvalue weighted by Crippen LogP contribution is -2.19. The number of ketones is 1. The molecule has 4 heteroatoms. The van der Waals surface area contributed by atoms with Crippen molar-refractivity contribution in [2.75, 3.05) is 13.7 Å². The second-order valence-electron chi connectivity index (χ2n) is 6.98. The molecular formula is C23H25ClO3. The molecule has 2 aromatic rings. The molecule has 0 unspecified atom stereocenters. The Kier molecular flexibility index (Phi) is 6.94. The number of ether oxygens (including phenoxy) is 2. The van der Waals surface area contributed by atoms with Crippen LogP contribution < -0.4 is 9.47 Å². The Balaban J connectivity index is 1.47. The molecule has 3 nitrogen and oxygen atoms in total. The first-order chi connectivity index (χ1) is 13.2. The fraction of sp³-hybridized carbons (Fsp3) is 0.348. The Labute approximate surface area is 165 Å². The predicted molar refractivity (Wildman–Crippen MR) is 109 cm³/mol. The van der Waals surface area contributed by atoms with Gasteiger partial charge in [-0.05, 0) is 73.4 Å². The van der Waals surface area contributed by atoms with E-state index in [1.54, 1.807) is 7.11 Å². The minimum absolute atomic E-state index is 0.0593. The summed E-state index contributed by atoms with van der Waals surface area (Å²) in [5.41, 5.74) is 3.25. The highest BCUT2D eigenvalue weighted by molar-refractivity contribution is 6.27. The number of rotatable bonds is 7. The van der Waals surface area contributed by atoms with Gasteiger partial charge in [0.1, 0.15) is 11.5 Å². The van der Waals surface area contributed by atoms with Crippen molar-refractivity contribution in [3.05, 3.63) is 71.3 Å². The molecule has 3 rings (SSSR count). The van der Waals surface area contributed by atoms with Crippen LogP contribution in [0.3, 0.4) is 0 Å². The van der Waals surface area contributed by atoms with Crippen molar-refractivity contribution in [2.24, 2.45) is 5.92 Å². The van der Waals surface area contributed by atoms with Crippen LogP contribution in [0.4, 0.5) is 0 Å². The van der Waals surface area contributed by atoms with Crippen molar-refractivity contribution in [1.82, 2.24) is 0 Å². The highest BCUT2D eigenvalue weighted by Gasteiger charge is 2.23. The minimum atomic E-state index is -0.0593. The molecule has 1 aliphatic rings. The maximum atomic E-state index is 11.8. The highest BCUT2D eigenvalue weighted by atomic mass is 35.5. The van der Waals surface area contributed by atoms with Gasteiger partial charge in [-0.25, -0.2) is 0 Å². The van der Waals surface area contributed by atoms with Gasteiger partial charge < -0.3 is 9.47 Å². The van der Waals surface area contributed by atoms with E-state index in [0.29, 0.717) is 17.4 Å². The van der Waals surface area contributed by atoms with Crippen LogP contribution in [0.1, 0.15) is 47.5 Å². The van der Waals surface area contributed by atoms with Gasteiger partial charge in [-0.2, -0.15) is 0 Å². The topological polar surface area (TPSA) is 35.5 Å². The summed E-state index contributed by atoms with van der Waals surface area (Å²) in [6, 6.07) is 15.7. The molecule has 0 aliphatic heterocycles. The van der Waals surface area contributed by atoms with Gasteiger partial charge in [-0.15, -0.1) is 0 Å². The fourth-order valence-electron chi connectivity index (χ4n) is 3.62. The quantitative estimate of drug-likeness (QED) is 0.435. The molecule has 0 heterocycles. The molecule has 0 N–H and O–H groups in total. The van der Waals surface area contributed by atoms with Crippen LogP contribution in [-0.4, -0.2) is 19.5 Å². The Bertz CT molecular complexity index is 757. The SMILES string of the molecule is COc1ccc(OC[C@H]2CC[C@H](c3ccc(C(=O)C=CCl)cc3)CC2)cc1. The van der Waals surface area contributed by atoms with E-state index >= 15 is 0 Å². The van der Waals surface area contributed by atoms with Crippen molar-refractivity contribution in [1.29, 1.82) is 0 Å². The zero-order valence-electron chi connectivity index (χ0n) is 15.6. The average Bonchev–Trinajstić information content (AvgIpc) is 2.73. The van der Waals surface area contributed by atoms with Gasteiger partial charge in [-0.1, -0.05) is 35.9 Å². The summed E-state index contributed by atoms with van der Waals surface area (Å²) >= 11 is 5.47. The average molecular weight is 385 g/mol. The van der Waals surface area contributed by atoms with E-state index in [9.17, 15) is 4.79 Å². The number of carbonyl (C=O) groups is 1. The van der Waals surface area contributed by atoms with Gasteiger partial charge in [0.05, 0.1) is 13.7 Å². The first kappa shape index (κ1) is 19.5. The Morgan fingerprint density at radius 3 is 2.22 bits per heavy atom. The summed E-state index contributed by atoms with van der Waals surface area (Å²) in [6.45, 7) is 0.761. The van der Waals surface area contributed by atoms with Gasteiger partial charge in [0.15, 0.2) is 5.78 Å². The van der Waals surface area contributed by atoms with Crippen LogP contribution >= 0.6 is 11.6 Å². The van der Waals surface area contributed by atoms with Crippen molar-refractivity contribution < 1.29 is 14.3 Å². The Hall–Kier alpha value is -2.26. The summed E-state index contributed by atoms with van der Waals surface area (Å²) in [5.74, 6) is 2.84. The molecule has 1 saturated carbocycles. The number of hydrogen-bond donors (Lipinski definition) is 0.